The highest BCUT2D eigenvalue weighted by atomic mass is 79.9. The third-order valence-corrected chi connectivity index (χ3v) is 6.21. The van der Waals surface area contributed by atoms with Gasteiger partial charge in [0.25, 0.3) is 5.56 Å². The number of hydrogen-bond acceptors (Lipinski definition) is 6. The van der Waals surface area contributed by atoms with Gasteiger partial charge in [0.1, 0.15) is 39.6 Å². The van der Waals surface area contributed by atoms with E-state index in [0.29, 0.717) is 38.5 Å². The molecule has 0 aliphatic carbocycles. The van der Waals surface area contributed by atoms with Crippen molar-refractivity contribution in [1.29, 1.82) is 10.5 Å². The highest BCUT2D eigenvalue weighted by Gasteiger charge is 2.16. The highest BCUT2D eigenvalue weighted by molar-refractivity contribution is 9.10. The fourth-order valence-electron chi connectivity index (χ4n) is 3.81. The summed E-state index contributed by atoms with van der Waals surface area (Å²) >= 11 is 3.14. The van der Waals surface area contributed by atoms with E-state index in [1.54, 1.807) is 42.5 Å². The summed E-state index contributed by atoms with van der Waals surface area (Å²) < 4.78 is 2.52. The largest absolute Gasteiger partial charge is 0.296 e. The Balaban J connectivity index is 0.000000286. The number of pyridine rings is 2. The Morgan fingerprint density at radius 1 is 0.917 bits per heavy atom. The Morgan fingerprint density at radius 2 is 1.64 bits per heavy atom. The van der Waals surface area contributed by atoms with Crippen molar-refractivity contribution < 1.29 is 0 Å². The number of nitrogens with zero attached hydrogens (tertiary/aromatic N) is 6. The molecule has 1 unspecified atom stereocenters. The van der Waals surface area contributed by atoms with Crippen LogP contribution in [0.1, 0.15) is 48.2 Å². The molecular weight excluding hydrogens is 516 g/mol. The quantitative estimate of drug-likeness (QED) is 0.237. The van der Waals surface area contributed by atoms with Crippen LogP contribution in [0.3, 0.4) is 0 Å². The van der Waals surface area contributed by atoms with E-state index < -0.39 is 0 Å². The maximum atomic E-state index is 12.8. The van der Waals surface area contributed by atoms with E-state index in [0.717, 1.165) is 37.2 Å². The lowest BCUT2D eigenvalue weighted by Crippen LogP contribution is -2.24. The molecular formula is C28H21BrN6O. The maximum Gasteiger partial charge on any atom is 0.261 e. The first-order valence-electron chi connectivity index (χ1n) is 11.4. The van der Waals surface area contributed by atoms with Crippen molar-refractivity contribution in [2.24, 2.45) is 5.92 Å². The van der Waals surface area contributed by atoms with Gasteiger partial charge in [0, 0.05) is 18.5 Å². The van der Waals surface area contributed by atoms with Gasteiger partial charge in [0.15, 0.2) is 0 Å². The second kappa shape index (κ2) is 11.4. The molecule has 4 aromatic rings. The summed E-state index contributed by atoms with van der Waals surface area (Å²) in [7, 11) is 0. The normalized spacial score (nSPS) is 14.1. The molecule has 0 fully saturated rings. The molecule has 1 aliphatic heterocycles. The minimum absolute atomic E-state index is 0.0343. The first-order chi connectivity index (χ1) is 17.5. The molecule has 1 atom stereocenters. The standard InChI is InChI=1S/C22H18N4O.C6H3BrN2/c1-15-5-10-21-25-20-13-16(6-8-17-3-2-4-18(14-23)24-17)7-9-19(20)22(27)26(21)12-11-15;7-6-3-1-2-5(4-8)9-6/h2-4,7,9,13,15H,5,10-12H2,1H3;1-3H. The molecule has 0 N–H and O–H groups in total. The van der Waals surface area contributed by atoms with E-state index in [2.05, 4.69) is 44.7 Å². The van der Waals surface area contributed by atoms with Crippen molar-refractivity contribution >= 4 is 26.8 Å². The average molecular weight is 537 g/mol. The summed E-state index contributed by atoms with van der Waals surface area (Å²) in [6.07, 6.45) is 2.89. The molecule has 0 spiro atoms. The number of benzene rings is 1. The molecule has 4 heterocycles. The summed E-state index contributed by atoms with van der Waals surface area (Å²) in [6, 6.07) is 19.8. The molecule has 1 aromatic carbocycles. The van der Waals surface area contributed by atoms with Crippen LogP contribution in [0.4, 0.5) is 0 Å². The first kappa shape index (κ1) is 24.8. The van der Waals surface area contributed by atoms with Crippen LogP contribution < -0.4 is 5.56 Å². The van der Waals surface area contributed by atoms with Crippen molar-refractivity contribution in [3.8, 4) is 24.0 Å². The fraction of sp³-hybridized carbons (Fsp3) is 0.214. The topological polar surface area (TPSA) is 108 Å². The van der Waals surface area contributed by atoms with Crippen LogP contribution in [0.25, 0.3) is 10.9 Å². The number of halogens is 1. The van der Waals surface area contributed by atoms with Gasteiger partial charge in [-0.2, -0.15) is 10.5 Å². The van der Waals surface area contributed by atoms with Gasteiger partial charge in [0.2, 0.25) is 0 Å². The van der Waals surface area contributed by atoms with Crippen LogP contribution >= 0.6 is 15.9 Å². The number of aryl methyl sites for hydroxylation is 1. The van der Waals surface area contributed by atoms with Crippen LogP contribution in [-0.4, -0.2) is 19.5 Å². The predicted octanol–water partition coefficient (Wildman–Crippen LogP) is 4.75. The zero-order chi connectivity index (χ0) is 25.5. The molecule has 7 nitrogen and oxygen atoms in total. The monoisotopic (exact) mass is 536 g/mol. The lowest BCUT2D eigenvalue weighted by atomic mass is 10.0. The molecule has 0 bridgehead atoms. The zero-order valence-electron chi connectivity index (χ0n) is 19.6. The second-order valence-electron chi connectivity index (χ2n) is 8.38. The van der Waals surface area contributed by atoms with E-state index >= 15 is 0 Å². The van der Waals surface area contributed by atoms with Gasteiger partial charge in [-0.3, -0.25) is 9.36 Å². The van der Waals surface area contributed by atoms with Gasteiger partial charge < -0.3 is 0 Å². The fourth-order valence-corrected chi connectivity index (χ4v) is 4.15. The lowest BCUT2D eigenvalue weighted by Gasteiger charge is -2.10. The molecule has 8 heteroatoms. The Hall–Kier alpha value is -4.32. The number of aromatic nitrogens is 4. The van der Waals surface area contributed by atoms with Crippen molar-refractivity contribution in [2.75, 3.05) is 0 Å². The minimum Gasteiger partial charge on any atom is -0.296 e. The Kier molecular flexibility index (Phi) is 7.85. The molecule has 36 heavy (non-hydrogen) atoms. The lowest BCUT2D eigenvalue weighted by molar-refractivity contribution is 0.484. The van der Waals surface area contributed by atoms with Crippen molar-refractivity contribution in [1.82, 2.24) is 19.5 Å². The smallest absolute Gasteiger partial charge is 0.261 e. The van der Waals surface area contributed by atoms with Gasteiger partial charge in [-0.1, -0.05) is 25.0 Å². The number of fused-ring (bicyclic) bond motifs is 2. The molecule has 5 rings (SSSR count). The van der Waals surface area contributed by atoms with E-state index in [9.17, 15) is 4.79 Å². The SMILES string of the molecule is CC1CCc2nc3cc(C#Cc4cccc(C#N)n4)ccc3c(=O)n2CC1.N#Cc1cccc(Br)n1. The van der Waals surface area contributed by atoms with Crippen LogP contribution in [0.5, 0.6) is 0 Å². The van der Waals surface area contributed by atoms with Crippen LogP contribution in [-0.2, 0) is 13.0 Å². The third-order valence-electron chi connectivity index (χ3n) is 5.77. The molecule has 3 aromatic heterocycles. The molecule has 0 saturated heterocycles. The third kappa shape index (κ3) is 6.02. The Morgan fingerprint density at radius 3 is 2.36 bits per heavy atom. The van der Waals surface area contributed by atoms with E-state index in [1.165, 1.54) is 0 Å². The van der Waals surface area contributed by atoms with Crippen LogP contribution in [0, 0.1) is 40.4 Å². The summed E-state index contributed by atoms with van der Waals surface area (Å²) in [5.41, 5.74) is 2.80. The number of nitriles is 2. The molecule has 0 amide bonds. The van der Waals surface area contributed by atoms with E-state index in [1.807, 2.05) is 28.8 Å². The first-order valence-corrected chi connectivity index (χ1v) is 12.2. The zero-order valence-corrected chi connectivity index (χ0v) is 21.2. The second-order valence-corrected chi connectivity index (χ2v) is 9.19. The maximum absolute atomic E-state index is 12.8. The summed E-state index contributed by atoms with van der Waals surface area (Å²) in [5.74, 6) is 7.49. The molecule has 1 aliphatic rings. The molecule has 176 valence electrons. The van der Waals surface area contributed by atoms with Crippen molar-refractivity contribution in [3.05, 3.63) is 98.0 Å². The molecule has 0 saturated carbocycles. The summed E-state index contributed by atoms with van der Waals surface area (Å²) in [4.78, 5) is 25.6. The Labute approximate surface area is 217 Å². The highest BCUT2D eigenvalue weighted by Crippen LogP contribution is 2.19. The van der Waals surface area contributed by atoms with E-state index in [-0.39, 0.29) is 5.56 Å². The van der Waals surface area contributed by atoms with Gasteiger partial charge in [0.05, 0.1) is 10.9 Å². The number of hydrogen-bond donors (Lipinski definition) is 0. The van der Waals surface area contributed by atoms with Gasteiger partial charge in [-0.05, 0) is 83.1 Å². The molecule has 0 radical (unpaired) electrons. The summed E-state index contributed by atoms with van der Waals surface area (Å²) in [5, 5.41) is 17.9. The van der Waals surface area contributed by atoms with Gasteiger partial charge in [-0.15, -0.1) is 0 Å². The average Bonchev–Trinajstić information content (AvgIpc) is 3.09. The van der Waals surface area contributed by atoms with Crippen LogP contribution in [0.2, 0.25) is 0 Å². The van der Waals surface area contributed by atoms with E-state index in [4.69, 9.17) is 15.5 Å². The Bertz CT molecular complexity index is 1630. The van der Waals surface area contributed by atoms with Crippen LogP contribution in [0.15, 0.2) is 64.0 Å². The number of rotatable bonds is 0. The van der Waals surface area contributed by atoms with Gasteiger partial charge in [-0.25, -0.2) is 15.0 Å². The van der Waals surface area contributed by atoms with Gasteiger partial charge >= 0.3 is 0 Å². The van der Waals surface area contributed by atoms with Crippen molar-refractivity contribution in [2.45, 2.75) is 32.7 Å². The minimum atomic E-state index is 0.0343. The summed E-state index contributed by atoms with van der Waals surface area (Å²) in [6.45, 7) is 2.96. The predicted molar refractivity (Wildman–Crippen MR) is 140 cm³/mol. The van der Waals surface area contributed by atoms with Crippen molar-refractivity contribution in [3.63, 3.8) is 0 Å².